The summed E-state index contributed by atoms with van der Waals surface area (Å²) in [6.07, 6.45) is 4.77. The Bertz CT molecular complexity index is 430. The van der Waals surface area contributed by atoms with Crippen LogP contribution < -0.4 is 11.1 Å². The summed E-state index contributed by atoms with van der Waals surface area (Å²) in [4.78, 5) is 12.3. The van der Waals surface area contributed by atoms with E-state index in [2.05, 4.69) is 19.2 Å². The van der Waals surface area contributed by atoms with Gasteiger partial charge in [0.05, 0.1) is 0 Å². The number of amides is 1. The summed E-state index contributed by atoms with van der Waals surface area (Å²) >= 11 is 0. The second-order valence-electron chi connectivity index (χ2n) is 6.20. The van der Waals surface area contributed by atoms with Gasteiger partial charge in [0, 0.05) is 6.04 Å². The van der Waals surface area contributed by atoms with Crippen LogP contribution in [0.2, 0.25) is 0 Å². The third-order valence-corrected chi connectivity index (χ3v) is 4.44. The average Bonchev–Trinajstić information content (AvgIpc) is 2.47. The van der Waals surface area contributed by atoms with Gasteiger partial charge in [-0.15, -0.1) is 0 Å². The maximum Gasteiger partial charge on any atom is 0.241 e. The summed E-state index contributed by atoms with van der Waals surface area (Å²) in [6, 6.07) is 9.30. The highest BCUT2D eigenvalue weighted by atomic mass is 16.2. The molecule has 0 aliphatic heterocycles. The van der Waals surface area contributed by atoms with Crippen molar-refractivity contribution in [1.82, 2.24) is 5.32 Å². The fraction of sp³-hybridized carbons (Fsp3) is 0.588. The van der Waals surface area contributed by atoms with Crippen LogP contribution in [0.3, 0.4) is 0 Å². The minimum absolute atomic E-state index is 0.0475. The molecule has 1 saturated carbocycles. The van der Waals surface area contributed by atoms with Crippen molar-refractivity contribution >= 4 is 5.91 Å². The Morgan fingerprint density at radius 1 is 1.20 bits per heavy atom. The molecule has 0 aromatic heterocycles. The van der Waals surface area contributed by atoms with E-state index in [9.17, 15) is 4.79 Å². The molecule has 0 spiro atoms. The fourth-order valence-electron chi connectivity index (χ4n) is 3.22. The van der Waals surface area contributed by atoms with Crippen molar-refractivity contribution in [2.75, 3.05) is 0 Å². The first kappa shape index (κ1) is 15.0. The SMILES string of the molecule is CC(C)C1CCCCC1NC(=O)[C@@H](N)c1ccccc1. The normalized spacial score (nSPS) is 24.4. The second kappa shape index (κ2) is 6.89. The van der Waals surface area contributed by atoms with Crippen LogP contribution in [-0.2, 0) is 4.79 Å². The molecule has 0 saturated heterocycles. The van der Waals surface area contributed by atoms with Crippen LogP contribution in [0.25, 0.3) is 0 Å². The molecule has 2 rings (SSSR count). The van der Waals surface area contributed by atoms with E-state index < -0.39 is 6.04 Å². The molecule has 1 aromatic carbocycles. The molecule has 3 atom stereocenters. The predicted molar refractivity (Wildman–Crippen MR) is 82.1 cm³/mol. The predicted octanol–water partition coefficient (Wildman–Crippen LogP) is 3.02. The topological polar surface area (TPSA) is 55.1 Å². The summed E-state index contributed by atoms with van der Waals surface area (Å²) in [7, 11) is 0. The first-order valence-electron chi connectivity index (χ1n) is 7.70. The number of nitrogens with two attached hydrogens (primary N) is 1. The summed E-state index contributed by atoms with van der Waals surface area (Å²) in [5.41, 5.74) is 6.94. The Balaban J connectivity index is 1.99. The van der Waals surface area contributed by atoms with Crippen molar-refractivity contribution in [2.24, 2.45) is 17.6 Å². The number of rotatable bonds is 4. The summed E-state index contributed by atoms with van der Waals surface area (Å²) in [5, 5.41) is 3.18. The van der Waals surface area contributed by atoms with Crippen LogP contribution in [0.5, 0.6) is 0 Å². The Hall–Kier alpha value is -1.35. The van der Waals surface area contributed by atoms with Crippen LogP contribution in [0.4, 0.5) is 0 Å². The van der Waals surface area contributed by atoms with Gasteiger partial charge in [-0.1, -0.05) is 57.0 Å². The zero-order chi connectivity index (χ0) is 14.5. The molecule has 3 nitrogen and oxygen atoms in total. The molecule has 3 N–H and O–H groups in total. The van der Waals surface area contributed by atoms with Gasteiger partial charge in [0.15, 0.2) is 0 Å². The van der Waals surface area contributed by atoms with Gasteiger partial charge in [-0.2, -0.15) is 0 Å². The van der Waals surface area contributed by atoms with E-state index in [0.717, 1.165) is 12.0 Å². The van der Waals surface area contributed by atoms with E-state index in [1.165, 1.54) is 19.3 Å². The third-order valence-electron chi connectivity index (χ3n) is 4.44. The lowest BCUT2D eigenvalue weighted by Gasteiger charge is -2.35. The Kier molecular flexibility index (Phi) is 5.18. The molecular weight excluding hydrogens is 248 g/mol. The Labute approximate surface area is 121 Å². The van der Waals surface area contributed by atoms with Gasteiger partial charge in [0.1, 0.15) is 6.04 Å². The van der Waals surface area contributed by atoms with E-state index in [4.69, 9.17) is 5.73 Å². The summed E-state index contributed by atoms with van der Waals surface area (Å²) in [6.45, 7) is 4.48. The lowest BCUT2D eigenvalue weighted by atomic mass is 9.77. The minimum Gasteiger partial charge on any atom is -0.351 e. The molecule has 1 aromatic rings. The molecule has 0 radical (unpaired) electrons. The second-order valence-corrected chi connectivity index (χ2v) is 6.20. The van der Waals surface area contributed by atoms with Crippen LogP contribution in [0.1, 0.15) is 51.1 Å². The highest BCUT2D eigenvalue weighted by Crippen LogP contribution is 2.30. The van der Waals surface area contributed by atoms with Crippen molar-refractivity contribution in [3.8, 4) is 0 Å². The standard InChI is InChI=1S/C17H26N2O/c1-12(2)14-10-6-7-11-15(14)19-17(20)16(18)13-8-4-3-5-9-13/h3-5,8-9,12,14-16H,6-7,10-11,18H2,1-2H3,(H,19,20)/t14?,15?,16-/m0/s1. The van der Waals surface area contributed by atoms with Crippen LogP contribution >= 0.6 is 0 Å². The van der Waals surface area contributed by atoms with Gasteiger partial charge in [0.2, 0.25) is 5.91 Å². The van der Waals surface area contributed by atoms with Crippen molar-refractivity contribution in [3.05, 3.63) is 35.9 Å². The number of hydrogen-bond donors (Lipinski definition) is 2. The average molecular weight is 274 g/mol. The highest BCUT2D eigenvalue weighted by Gasteiger charge is 2.30. The number of hydrogen-bond acceptors (Lipinski definition) is 2. The largest absolute Gasteiger partial charge is 0.351 e. The number of carbonyl (C=O) groups is 1. The molecule has 1 aliphatic carbocycles. The van der Waals surface area contributed by atoms with Gasteiger partial charge in [0.25, 0.3) is 0 Å². The Morgan fingerprint density at radius 2 is 1.85 bits per heavy atom. The van der Waals surface area contributed by atoms with E-state index in [1.807, 2.05) is 30.3 Å². The molecule has 1 aliphatic rings. The highest BCUT2D eigenvalue weighted by molar-refractivity contribution is 5.83. The monoisotopic (exact) mass is 274 g/mol. The summed E-state index contributed by atoms with van der Waals surface area (Å²) in [5.74, 6) is 1.14. The molecule has 110 valence electrons. The fourth-order valence-corrected chi connectivity index (χ4v) is 3.22. The van der Waals surface area contributed by atoms with Crippen molar-refractivity contribution in [1.29, 1.82) is 0 Å². The molecule has 2 unspecified atom stereocenters. The van der Waals surface area contributed by atoms with E-state index in [-0.39, 0.29) is 11.9 Å². The number of carbonyl (C=O) groups excluding carboxylic acids is 1. The quantitative estimate of drug-likeness (QED) is 0.886. The van der Waals surface area contributed by atoms with Crippen LogP contribution in [-0.4, -0.2) is 11.9 Å². The molecule has 1 fully saturated rings. The van der Waals surface area contributed by atoms with Gasteiger partial charge < -0.3 is 11.1 Å². The molecular formula is C17H26N2O. The maximum atomic E-state index is 12.3. The van der Waals surface area contributed by atoms with Gasteiger partial charge >= 0.3 is 0 Å². The lowest BCUT2D eigenvalue weighted by molar-refractivity contribution is -0.124. The third kappa shape index (κ3) is 3.60. The van der Waals surface area contributed by atoms with E-state index >= 15 is 0 Å². The molecule has 1 amide bonds. The van der Waals surface area contributed by atoms with Crippen molar-refractivity contribution < 1.29 is 4.79 Å². The lowest BCUT2D eigenvalue weighted by Crippen LogP contribution is -2.47. The van der Waals surface area contributed by atoms with Gasteiger partial charge in [-0.05, 0) is 30.2 Å². The molecule has 20 heavy (non-hydrogen) atoms. The van der Waals surface area contributed by atoms with Crippen molar-refractivity contribution in [2.45, 2.75) is 51.6 Å². The molecule has 3 heteroatoms. The zero-order valence-electron chi connectivity index (χ0n) is 12.5. The van der Waals surface area contributed by atoms with Gasteiger partial charge in [-0.25, -0.2) is 0 Å². The number of benzene rings is 1. The smallest absolute Gasteiger partial charge is 0.241 e. The number of nitrogens with one attached hydrogen (secondary N) is 1. The molecule has 0 bridgehead atoms. The van der Waals surface area contributed by atoms with Gasteiger partial charge in [-0.3, -0.25) is 4.79 Å². The van der Waals surface area contributed by atoms with E-state index in [1.54, 1.807) is 0 Å². The van der Waals surface area contributed by atoms with Crippen LogP contribution in [0.15, 0.2) is 30.3 Å². The molecule has 0 heterocycles. The first-order valence-corrected chi connectivity index (χ1v) is 7.70. The first-order chi connectivity index (χ1) is 9.59. The zero-order valence-corrected chi connectivity index (χ0v) is 12.5. The maximum absolute atomic E-state index is 12.3. The van der Waals surface area contributed by atoms with Crippen LogP contribution in [0, 0.1) is 11.8 Å². The van der Waals surface area contributed by atoms with Crippen molar-refractivity contribution in [3.63, 3.8) is 0 Å². The van der Waals surface area contributed by atoms with E-state index in [0.29, 0.717) is 11.8 Å². The Morgan fingerprint density at radius 3 is 2.50 bits per heavy atom. The minimum atomic E-state index is -0.564. The summed E-state index contributed by atoms with van der Waals surface area (Å²) < 4.78 is 0.